The van der Waals surface area contributed by atoms with Crippen molar-refractivity contribution in [1.29, 1.82) is 0 Å². The normalized spacial score (nSPS) is 12.3. The lowest BCUT2D eigenvalue weighted by Crippen LogP contribution is -2.37. The molecule has 2 amide bonds. The van der Waals surface area contributed by atoms with E-state index in [9.17, 15) is 9.59 Å². The van der Waals surface area contributed by atoms with Crippen molar-refractivity contribution in [1.82, 2.24) is 10.6 Å². The largest absolute Gasteiger partial charge is 0.493 e. The number of hydrogen-bond acceptors (Lipinski definition) is 5. The summed E-state index contributed by atoms with van der Waals surface area (Å²) in [5.41, 5.74) is 0.104. The minimum absolute atomic E-state index is 0.122. The summed E-state index contributed by atoms with van der Waals surface area (Å²) in [5, 5.41) is 8.70. The predicted octanol–water partition coefficient (Wildman–Crippen LogP) is 2.03. The lowest BCUT2D eigenvalue weighted by Gasteiger charge is -2.21. The van der Waals surface area contributed by atoms with Gasteiger partial charge in [0.25, 0.3) is 5.91 Å². The maximum absolute atomic E-state index is 12.6. The second-order valence-corrected chi connectivity index (χ2v) is 6.86. The minimum atomic E-state index is -0.596. The molecule has 0 bridgehead atoms. The highest BCUT2D eigenvalue weighted by Gasteiger charge is 2.25. The third-order valence-electron chi connectivity index (χ3n) is 3.76. The quantitative estimate of drug-likeness (QED) is 0.699. The Kier molecular flexibility index (Phi) is 7.23. The molecule has 1 unspecified atom stereocenters. The average Bonchev–Trinajstić information content (AvgIpc) is 2.57. The van der Waals surface area contributed by atoms with Gasteiger partial charge in [-0.1, -0.05) is 20.8 Å². The van der Waals surface area contributed by atoms with Gasteiger partial charge in [-0.3, -0.25) is 9.59 Å². The molecule has 25 heavy (non-hydrogen) atoms. The van der Waals surface area contributed by atoms with Gasteiger partial charge in [0.1, 0.15) is 0 Å². The summed E-state index contributed by atoms with van der Waals surface area (Å²) in [6, 6.07) is 3.28. The first-order valence-electron chi connectivity index (χ1n) is 8.17. The van der Waals surface area contributed by atoms with E-state index in [1.807, 2.05) is 14.0 Å². The van der Waals surface area contributed by atoms with E-state index >= 15 is 0 Å². The van der Waals surface area contributed by atoms with Crippen LogP contribution in [-0.2, 0) is 4.79 Å². The number of carbonyl (C=O) groups excluding carboxylic acids is 2. The Balaban J connectivity index is 3.22. The average molecular weight is 351 g/mol. The van der Waals surface area contributed by atoms with Crippen LogP contribution in [0.25, 0.3) is 0 Å². The number of likely N-dealkylation sites (N-methyl/N-ethyl adjacent to an activating group) is 1. The molecule has 1 aromatic carbocycles. The minimum Gasteiger partial charge on any atom is -0.493 e. The number of anilines is 1. The fourth-order valence-electron chi connectivity index (χ4n) is 1.92. The molecule has 0 heterocycles. The molecule has 0 aliphatic heterocycles. The molecule has 7 nitrogen and oxygen atoms in total. The van der Waals surface area contributed by atoms with Gasteiger partial charge in [0.15, 0.2) is 11.5 Å². The number of rotatable bonds is 7. The lowest BCUT2D eigenvalue weighted by molar-refractivity contribution is -0.123. The number of amides is 2. The Bertz CT molecular complexity index is 623. The molecule has 1 aromatic rings. The van der Waals surface area contributed by atoms with Crippen molar-refractivity contribution in [2.45, 2.75) is 33.7 Å². The Labute approximate surface area is 149 Å². The van der Waals surface area contributed by atoms with Crippen molar-refractivity contribution in [2.75, 3.05) is 33.1 Å². The third-order valence-corrected chi connectivity index (χ3v) is 3.76. The molecule has 140 valence electrons. The highest BCUT2D eigenvalue weighted by molar-refractivity contribution is 6.05. The van der Waals surface area contributed by atoms with Crippen LogP contribution in [0.5, 0.6) is 11.5 Å². The molecule has 0 saturated heterocycles. The molecule has 1 rings (SSSR count). The summed E-state index contributed by atoms with van der Waals surface area (Å²) in [6.45, 7) is 7.82. The molecule has 0 spiro atoms. The molecule has 0 saturated carbocycles. The van der Waals surface area contributed by atoms with Crippen molar-refractivity contribution < 1.29 is 19.1 Å². The Hall–Kier alpha value is -2.28. The van der Waals surface area contributed by atoms with E-state index in [0.29, 0.717) is 29.3 Å². The molecular weight excluding hydrogens is 322 g/mol. The van der Waals surface area contributed by atoms with Gasteiger partial charge >= 0.3 is 0 Å². The molecule has 1 atom stereocenters. The summed E-state index contributed by atoms with van der Waals surface area (Å²) in [6.07, 6.45) is 0. The summed E-state index contributed by atoms with van der Waals surface area (Å²) >= 11 is 0. The third kappa shape index (κ3) is 5.63. The van der Waals surface area contributed by atoms with Crippen LogP contribution in [0.15, 0.2) is 12.1 Å². The highest BCUT2D eigenvalue weighted by atomic mass is 16.5. The summed E-state index contributed by atoms with van der Waals surface area (Å²) < 4.78 is 10.5. The van der Waals surface area contributed by atoms with Crippen molar-refractivity contribution >= 4 is 17.5 Å². The van der Waals surface area contributed by atoms with Gasteiger partial charge in [-0.15, -0.1) is 0 Å². The highest BCUT2D eigenvalue weighted by Crippen LogP contribution is 2.34. The number of ether oxygens (including phenoxy) is 2. The second kappa shape index (κ2) is 8.71. The van der Waals surface area contributed by atoms with Crippen molar-refractivity contribution in [2.24, 2.45) is 5.41 Å². The molecule has 0 aliphatic rings. The van der Waals surface area contributed by atoms with Gasteiger partial charge in [-0.2, -0.15) is 0 Å². The summed E-state index contributed by atoms with van der Waals surface area (Å²) in [7, 11) is 4.82. The first kappa shape index (κ1) is 20.8. The second-order valence-electron chi connectivity index (χ2n) is 6.86. The van der Waals surface area contributed by atoms with Gasteiger partial charge in [0.05, 0.1) is 25.5 Å². The van der Waals surface area contributed by atoms with Gasteiger partial charge in [-0.25, -0.2) is 0 Å². The maximum atomic E-state index is 12.6. The molecule has 0 aliphatic carbocycles. The molecule has 0 fully saturated rings. The van der Waals surface area contributed by atoms with Crippen LogP contribution in [0.4, 0.5) is 5.69 Å². The standard InChI is InChI=1S/C18H29N3O4/c1-11(19-5)10-20-16(22)12-8-14(24-6)15(25-7)9-13(12)21-17(23)18(2,3)4/h8-9,11,19H,10H2,1-7H3,(H,20,22)(H,21,23). The zero-order valence-electron chi connectivity index (χ0n) is 16.1. The van der Waals surface area contributed by atoms with E-state index in [0.717, 1.165) is 0 Å². The molecule has 0 radical (unpaired) electrons. The number of carbonyl (C=O) groups is 2. The topological polar surface area (TPSA) is 88.7 Å². The van der Waals surface area contributed by atoms with Crippen LogP contribution in [0.2, 0.25) is 0 Å². The fraction of sp³-hybridized carbons (Fsp3) is 0.556. The van der Waals surface area contributed by atoms with Crippen LogP contribution in [0.1, 0.15) is 38.1 Å². The van der Waals surface area contributed by atoms with E-state index in [1.54, 1.807) is 32.9 Å². The summed E-state index contributed by atoms with van der Waals surface area (Å²) in [4.78, 5) is 24.9. The molecule has 3 N–H and O–H groups in total. The predicted molar refractivity (Wildman–Crippen MR) is 98.5 cm³/mol. The van der Waals surface area contributed by atoms with Crippen LogP contribution >= 0.6 is 0 Å². The van der Waals surface area contributed by atoms with E-state index in [1.165, 1.54) is 14.2 Å². The van der Waals surface area contributed by atoms with Crippen LogP contribution in [0, 0.1) is 5.41 Å². The van der Waals surface area contributed by atoms with E-state index in [-0.39, 0.29) is 17.9 Å². The molecular formula is C18H29N3O4. The van der Waals surface area contributed by atoms with Crippen molar-refractivity contribution in [3.05, 3.63) is 17.7 Å². The van der Waals surface area contributed by atoms with Gasteiger partial charge in [0, 0.05) is 24.1 Å². The van der Waals surface area contributed by atoms with E-state index in [4.69, 9.17) is 9.47 Å². The van der Waals surface area contributed by atoms with Crippen LogP contribution in [0.3, 0.4) is 0 Å². The molecule has 7 heteroatoms. The Morgan fingerprint density at radius 3 is 2.16 bits per heavy atom. The van der Waals surface area contributed by atoms with Crippen molar-refractivity contribution in [3.63, 3.8) is 0 Å². The molecule has 0 aromatic heterocycles. The Morgan fingerprint density at radius 1 is 1.12 bits per heavy atom. The maximum Gasteiger partial charge on any atom is 0.253 e. The SMILES string of the molecule is CNC(C)CNC(=O)c1cc(OC)c(OC)cc1NC(=O)C(C)(C)C. The number of methoxy groups -OCH3 is 2. The van der Waals surface area contributed by atoms with Gasteiger partial charge < -0.3 is 25.4 Å². The van der Waals surface area contributed by atoms with Gasteiger partial charge in [-0.05, 0) is 20.0 Å². The smallest absolute Gasteiger partial charge is 0.253 e. The first-order valence-corrected chi connectivity index (χ1v) is 8.17. The van der Waals surface area contributed by atoms with Gasteiger partial charge in [0.2, 0.25) is 5.91 Å². The summed E-state index contributed by atoms with van der Waals surface area (Å²) in [5.74, 6) is 0.361. The number of nitrogens with one attached hydrogen (secondary N) is 3. The Morgan fingerprint density at radius 2 is 1.68 bits per heavy atom. The first-order chi connectivity index (χ1) is 11.6. The zero-order valence-corrected chi connectivity index (χ0v) is 16.1. The zero-order chi connectivity index (χ0) is 19.2. The van der Waals surface area contributed by atoms with Crippen LogP contribution in [-0.4, -0.2) is 45.7 Å². The van der Waals surface area contributed by atoms with Crippen molar-refractivity contribution in [3.8, 4) is 11.5 Å². The van der Waals surface area contributed by atoms with E-state index < -0.39 is 5.41 Å². The number of benzene rings is 1. The monoisotopic (exact) mass is 351 g/mol. The van der Waals surface area contributed by atoms with Crippen LogP contribution < -0.4 is 25.4 Å². The lowest BCUT2D eigenvalue weighted by atomic mass is 9.95. The fourth-order valence-corrected chi connectivity index (χ4v) is 1.92. The number of hydrogen-bond donors (Lipinski definition) is 3. The van der Waals surface area contributed by atoms with E-state index in [2.05, 4.69) is 16.0 Å².